The van der Waals surface area contributed by atoms with Crippen LogP contribution in [0.2, 0.25) is 0 Å². The van der Waals surface area contributed by atoms with Gasteiger partial charge in [0, 0.05) is 31.3 Å². The highest BCUT2D eigenvalue weighted by molar-refractivity contribution is 5.95. The lowest BCUT2D eigenvalue weighted by atomic mass is 10.1. The van der Waals surface area contributed by atoms with E-state index in [9.17, 15) is 9.59 Å². The first-order chi connectivity index (χ1) is 14.0. The predicted molar refractivity (Wildman–Crippen MR) is 114 cm³/mol. The zero-order valence-electron chi connectivity index (χ0n) is 16.6. The standard InChI is InChI=1S/C24H24N2O3/c1-18-7-6-8-20(17-18)24(28)25-15-16-26(19(2)27)21-11-13-23(14-12-21)29-22-9-4-3-5-10-22/h3-14,17H,15-16H2,1-2H3,(H,25,28). The highest BCUT2D eigenvalue weighted by atomic mass is 16.5. The molecule has 3 aromatic rings. The van der Waals surface area contributed by atoms with Gasteiger partial charge in [0.05, 0.1) is 0 Å². The summed E-state index contributed by atoms with van der Waals surface area (Å²) >= 11 is 0. The maximum atomic E-state index is 12.3. The lowest BCUT2D eigenvalue weighted by molar-refractivity contribution is -0.116. The third kappa shape index (κ3) is 5.69. The van der Waals surface area contributed by atoms with Crippen molar-refractivity contribution in [2.45, 2.75) is 13.8 Å². The normalized spacial score (nSPS) is 10.3. The fraction of sp³-hybridized carbons (Fsp3) is 0.167. The number of nitrogens with one attached hydrogen (secondary N) is 1. The van der Waals surface area contributed by atoms with Crippen LogP contribution < -0.4 is 15.0 Å². The van der Waals surface area contributed by atoms with Crippen LogP contribution in [-0.4, -0.2) is 24.9 Å². The average molecular weight is 388 g/mol. The zero-order valence-corrected chi connectivity index (χ0v) is 16.6. The molecule has 1 N–H and O–H groups in total. The molecule has 5 heteroatoms. The molecule has 5 nitrogen and oxygen atoms in total. The third-order valence-electron chi connectivity index (χ3n) is 4.41. The van der Waals surface area contributed by atoms with Crippen LogP contribution in [0.25, 0.3) is 0 Å². The maximum Gasteiger partial charge on any atom is 0.251 e. The Morgan fingerprint density at radius 1 is 0.897 bits per heavy atom. The van der Waals surface area contributed by atoms with Gasteiger partial charge in [0.2, 0.25) is 5.91 Å². The lowest BCUT2D eigenvalue weighted by Gasteiger charge is -2.21. The van der Waals surface area contributed by atoms with Crippen LogP contribution in [0, 0.1) is 6.92 Å². The summed E-state index contributed by atoms with van der Waals surface area (Å²) in [6, 6.07) is 24.2. The number of carbonyl (C=O) groups excluding carboxylic acids is 2. The molecule has 0 saturated carbocycles. The molecule has 0 aliphatic rings. The second-order valence-electron chi connectivity index (χ2n) is 6.71. The van der Waals surface area contributed by atoms with Gasteiger partial charge in [-0.1, -0.05) is 35.9 Å². The van der Waals surface area contributed by atoms with Crippen molar-refractivity contribution < 1.29 is 14.3 Å². The summed E-state index contributed by atoms with van der Waals surface area (Å²) in [5.41, 5.74) is 2.39. The number of benzene rings is 3. The molecule has 0 radical (unpaired) electrons. The Kier molecular flexibility index (Phi) is 6.63. The number of rotatable bonds is 7. The van der Waals surface area contributed by atoms with Crippen molar-refractivity contribution in [2.24, 2.45) is 0 Å². The molecule has 0 aromatic heterocycles. The molecule has 0 atom stereocenters. The smallest absolute Gasteiger partial charge is 0.251 e. The quantitative estimate of drug-likeness (QED) is 0.645. The van der Waals surface area contributed by atoms with Crippen LogP contribution in [0.1, 0.15) is 22.8 Å². The van der Waals surface area contributed by atoms with Crippen LogP contribution in [0.15, 0.2) is 78.9 Å². The van der Waals surface area contributed by atoms with Gasteiger partial charge in [-0.15, -0.1) is 0 Å². The number of anilines is 1. The van der Waals surface area contributed by atoms with Crippen LogP contribution in [0.4, 0.5) is 5.69 Å². The Hall–Kier alpha value is -3.60. The van der Waals surface area contributed by atoms with Gasteiger partial charge in [-0.05, 0) is 55.5 Å². The number of para-hydroxylation sites is 1. The summed E-state index contributed by atoms with van der Waals surface area (Å²) in [6.45, 7) is 4.19. The molecule has 148 valence electrons. The van der Waals surface area contributed by atoms with E-state index in [4.69, 9.17) is 4.74 Å². The van der Waals surface area contributed by atoms with Gasteiger partial charge in [-0.3, -0.25) is 9.59 Å². The van der Waals surface area contributed by atoms with Gasteiger partial charge < -0.3 is 15.0 Å². The van der Waals surface area contributed by atoms with Gasteiger partial charge in [-0.25, -0.2) is 0 Å². The van der Waals surface area contributed by atoms with Gasteiger partial charge >= 0.3 is 0 Å². The van der Waals surface area contributed by atoms with Crippen molar-refractivity contribution in [1.82, 2.24) is 5.32 Å². The van der Waals surface area contributed by atoms with E-state index in [1.165, 1.54) is 6.92 Å². The maximum absolute atomic E-state index is 12.3. The molecular formula is C24H24N2O3. The van der Waals surface area contributed by atoms with Crippen LogP contribution in [-0.2, 0) is 4.79 Å². The molecule has 0 unspecified atom stereocenters. The monoisotopic (exact) mass is 388 g/mol. The number of ether oxygens (including phenoxy) is 1. The first kappa shape index (κ1) is 20.1. The van der Waals surface area contributed by atoms with Gasteiger partial charge in [0.1, 0.15) is 11.5 Å². The number of nitrogens with zero attached hydrogens (tertiary/aromatic N) is 1. The van der Waals surface area contributed by atoms with E-state index in [0.29, 0.717) is 24.4 Å². The molecule has 0 heterocycles. The molecule has 0 fully saturated rings. The number of hydrogen-bond donors (Lipinski definition) is 1. The van der Waals surface area contributed by atoms with Gasteiger partial charge in [0.15, 0.2) is 0 Å². The van der Waals surface area contributed by atoms with E-state index in [0.717, 1.165) is 17.0 Å². The first-order valence-corrected chi connectivity index (χ1v) is 9.49. The van der Waals surface area contributed by atoms with Crippen LogP contribution in [0.5, 0.6) is 11.5 Å². The Morgan fingerprint density at radius 3 is 2.24 bits per heavy atom. The van der Waals surface area contributed by atoms with Crippen molar-refractivity contribution in [1.29, 1.82) is 0 Å². The lowest BCUT2D eigenvalue weighted by Crippen LogP contribution is -2.37. The highest BCUT2D eigenvalue weighted by Gasteiger charge is 2.13. The number of carbonyl (C=O) groups is 2. The van der Waals surface area contributed by atoms with E-state index >= 15 is 0 Å². The average Bonchev–Trinajstić information content (AvgIpc) is 2.72. The van der Waals surface area contributed by atoms with Crippen molar-refractivity contribution in [3.05, 3.63) is 90.0 Å². The Balaban J connectivity index is 1.59. The largest absolute Gasteiger partial charge is 0.457 e. The summed E-state index contributed by atoms with van der Waals surface area (Å²) < 4.78 is 5.78. The van der Waals surface area contributed by atoms with Crippen molar-refractivity contribution in [3.8, 4) is 11.5 Å². The van der Waals surface area contributed by atoms with Crippen molar-refractivity contribution >= 4 is 17.5 Å². The molecule has 3 rings (SSSR count). The summed E-state index contributed by atoms with van der Waals surface area (Å²) in [5.74, 6) is 1.20. The molecule has 0 saturated heterocycles. The number of aryl methyl sites for hydroxylation is 1. The Labute approximate surface area is 170 Å². The second kappa shape index (κ2) is 9.55. The molecule has 0 bridgehead atoms. The predicted octanol–water partition coefficient (Wildman–Crippen LogP) is 4.57. The highest BCUT2D eigenvalue weighted by Crippen LogP contribution is 2.24. The van der Waals surface area contributed by atoms with Gasteiger partial charge in [-0.2, -0.15) is 0 Å². The van der Waals surface area contributed by atoms with Crippen molar-refractivity contribution in [2.75, 3.05) is 18.0 Å². The Bertz CT molecular complexity index is 969. The topological polar surface area (TPSA) is 58.6 Å². The molecule has 0 aliphatic heterocycles. The van der Waals surface area contributed by atoms with E-state index in [1.807, 2.05) is 79.7 Å². The minimum Gasteiger partial charge on any atom is -0.457 e. The van der Waals surface area contributed by atoms with E-state index in [-0.39, 0.29) is 11.8 Å². The number of amides is 2. The minimum atomic E-state index is -0.149. The molecule has 0 aliphatic carbocycles. The molecule has 2 amide bonds. The summed E-state index contributed by atoms with van der Waals surface area (Å²) in [6.07, 6.45) is 0. The van der Waals surface area contributed by atoms with E-state index in [1.54, 1.807) is 11.0 Å². The zero-order chi connectivity index (χ0) is 20.6. The van der Waals surface area contributed by atoms with E-state index < -0.39 is 0 Å². The molecular weight excluding hydrogens is 364 g/mol. The van der Waals surface area contributed by atoms with Crippen LogP contribution in [0.3, 0.4) is 0 Å². The Morgan fingerprint density at radius 2 is 1.59 bits per heavy atom. The third-order valence-corrected chi connectivity index (χ3v) is 4.41. The van der Waals surface area contributed by atoms with Gasteiger partial charge in [0.25, 0.3) is 5.91 Å². The van der Waals surface area contributed by atoms with E-state index in [2.05, 4.69) is 5.32 Å². The first-order valence-electron chi connectivity index (χ1n) is 9.49. The van der Waals surface area contributed by atoms with Crippen molar-refractivity contribution in [3.63, 3.8) is 0 Å². The molecule has 0 spiro atoms. The molecule has 3 aromatic carbocycles. The summed E-state index contributed by atoms with van der Waals surface area (Å²) in [4.78, 5) is 26.0. The number of hydrogen-bond acceptors (Lipinski definition) is 3. The summed E-state index contributed by atoms with van der Waals surface area (Å²) in [5, 5.41) is 2.87. The summed E-state index contributed by atoms with van der Waals surface area (Å²) in [7, 11) is 0. The van der Waals surface area contributed by atoms with Crippen LogP contribution >= 0.6 is 0 Å². The minimum absolute atomic E-state index is 0.0912. The fourth-order valence-corrected chi connectivity index (χ4v) is 2.96. The SMILES string of the molecule is CC(=O)N(CCNC(=O)c1cccc(C)c1)c1ccc(Oc2ccccc2)cc1. The fourth-order valence-electron chi connectivity index (χ4n) is 2.96. The molecule has 29 heavy (non-hydrogen) atoms. The second-order valence-corrected chi connectivity index (χ2v) is 6.71.